The molecule has 2 amide bonds. The molecule has 0 spiro atoms. The molecule has 0 aromatic heterocycles. The van der Waals surface area contributed by atoms with Gasteiger partial charge >= 0.3 is 0 Å². The van der Waals surface area contributed by atoms with E-state index in [0.717, 1.165) is 12.8 Å². The summed E-state index contributed by atoms with van der Waals surface area (Å²) in [5.41, 5.74) is 6.17. The van der Waals surface area contributed by atoms with Crippen LogP contribution in [-0.4, -0.2) is 11.8 Å². The SMILES string of the molecule is NC(=O)c1ccccc1NC(=O)C1CC2C=CC1C2. The van der Waals surface area contributed by atoms with E-state index in [1.165, 1.54) is 0 Å². The predicted molar refractivity (Wildman–Crippen MR) is 72.4 cm³/mol. The molecule has 1 aromatic carbocycles. The Morgan fingerprint density at radius 3 is 2.58 bits per heavy atom. The smallest absolute Gasteiger partial charge is 0.250 e. The van der Waals surface area contributed by atoms with E-state index >= 15 is 0 Å². The number of rotatable bonds is 3. The fourth-order valence-electron chi connectivity index (χ4n) is 3.11. The second-order valence-corrected chi connectivity index (χ2v) is 5.29. The maximum atomic E-state index is 12.3. The number of anilines is 1. The zero-order chi connectivity index (χ0) is 13.4. The van der Waals surface area contributed by atoms with Crippen LogP contribution in [0.2, 0.25) is 0 Å². The fraction of sp³-hybridized carbons (Fsp3) is 0.333. The monoisotopic (exact) mass is 256 g/mol. The maximum absolute atomic E-state index is 12.3. The second kappa shape index (κ2) is 4.53. The van der Waals surface area contributed by atoms with Gasteiger partial charge in [0, 0.05) is 5.92 Å². The number of nitrogens with one attached hydrogen (secondary N) is 1. The summed E-state index contributed by atoms with van der Waals surface area (Å²) in [4.78, 5) is 23.6. The molecular formula is C15H16N2O2. The lowest BCUT2D eigenvalue weighted by atomic mass is 9.92. The van der Waals surface area contributed by atoms with E-state index in [9.17, 15) is 9.59 Å². The lowest BCUT2D eigenvalue weighted by Gasteiger charge is -2.18. The van der Waals surface area contributed by atoms with Gasteiger partial charge < -0.3 is 11.1 Å². The molecule has 1 fully saturated rings. The van der Waals surface area contributed by atoms with Gasteiger partial charge in [0.1, 0.15) is 0 Å². The summed E-state index contributed by atoms with van der Waals surface area (Å²) >= 11 is 0. The van der Waals surface area contributed by atoms with Crippen molar-refractivity contribution in [3.8, 4) is 0 Å². The van der Waals surface area contributed by atoms with Gasteiger partial charge in [-0.15, -0.1) is 0 Å². The van der Waals surface area contributed by atoms with Gasteiger partial charge in [-0.1, -0.05) is 24.3 Å². The molecule has 1 saturated carbocycles. The van der Waals surface area contributed by atoms with Crippen molar-refractivity contribution in [3.05, 3.63) is 42.0 Å². The van der Waals surface area contributed by atoms with E-state index < -0.39 is 5.91 Å². The Hall–Kier alpha value is -2.10. The largest absolute Gasteiger partial charge is 0.366 e. The molecule has 3 atom stereocenters. The van der Waals surface area contributed by atoms with Crippen LogP contribution >= 0.6 is 0 Å². The van der Waals surface area contributed by atoms with E-state index in [0.29, 0.717) is 23.1 Å². The molecule has 2 aliphatic rings. The van der Waals surface area contributed by atoms with Gasteiger partial charge in [0.25, 0.3) is 5.91 Å². The normalized spacial score (nSPS) is 27.5. The number of nitrogens with two attached hydrogens (primary N) is 1. The number of amides is 2. The molecule has 2 aliphatic carbocycles. The minimum absolute atomic E-state index is 0.00875. The Balaban J connectivity index is 1.77. The second-order valence-electron chi connectivity index (χ2n) is 5.29. The Kier molecular flexibility index (Phi) is 2.85. The Morgan fingerprint density at radius 2 is 1.95 bits per heavy atom. The van der Waals surface area contributed by atoms with Crippen LogP contribution in [0.4, 0.5) is 5.69 Å². The summed E-state index contributed by atoms with van der Waals surface area (Å²) in [5, 5.41) is 2.84. The maximum Gasteiger partial charge on any atom is 0.250 e. The summed E-state index contributed by atoms with van der Waals surface area (Å²) in [6, 6.07) is 6.85. The highest BCUT2D eigenvalue weighted by molar-refractivity contribution is 6.03. The molecule has 4 nitrogen and oxygen atoms in total. The number of primary amides is 1. The number of allylic oxidation sites excluding steroid dienone is 2. The lowest BCUT2D eigenvalue weighted by Crippen LogP contribution is -2.27. The third kappa shape index (κ3) is 2.14. The zero-order valence-corrected chi connectivity index (χ0v) is 10.5. The van der Waals surface area contributed by atoms with E-state index in [2.05, 4.69) is 17.5 Å². The van der Waals surface area contributed by atoms with Crippen molar-refractivity contribution >= 4 is 17.5 Å². The summed E-state index contributed by atoms with van der Waals surface area (Å²) < 4.78 is 0. The average molecular weight is 256 g/mol. The van der Waals surface area contributed by atoms with Crippen LogP contribution in [0, 0.1) is 17.8 Å². The summed E-state index contributed by atoms with van der Waals surface area (Å²) in [5.74, 6) is 0.392. The highest BCUT2D eigenvalue weighted by Gasteiger charge is 2.39. The van der Waals surface area contributed by atoms with Gasteiger partial charge in [-0.2, -0.15) is 0 Å². The van der Waals surface area contributed by atoms with Crippen molar-refractivity contribution in [3.63, 3.8) is 0 Å². The van der Waals surface area contributed by atoms with Crippen LogP contribution in [0.1, 0.15) is 23.2 Å². The van der Waals surface area contributed by atoms with Gasteiger partial charge in [0.15, 0.2) is 0 Å². The Bertz CT molecular complexity index is 565. The Morgan fingerprint density at radius 1 is 1.16 bits per heavy atom. The number of carbonyl (C=O) groups excluding carboxylic acids is 2. The first-order valence-corrected chi connectivity index (χ1v) is 6.53. The van der Waals surface area contributed by atoms with E-state index in [1.807, 2.05) is 0 Å². The highest BCUT2D eigenvalue weighted by atomic mass is 16.2. The number of hydrogen-bond acceptors (Lipinski definition) is 2. The molecule has 0 aliphatic heterocycles. The molecule has 3 rings (SSSR count). The van der Waals surface area contributed by atoms with Gasteiger partial charge in [-0.3, -0.25) is 9.59 Å². The van der Waals surface area contributed by atoms with Crippen molar-refractivity contribution < 1.29 is 9.59 Å². The summed E-state index contributed by atoms with van der Waals surface area (Å²) in [7, 11) is 0. The summed E-state index contributed by atoms with van der Waals surface area (Å²) in [6.07, 6.45) is 6.32. The van der Waals surface area contributed by atoms with E-state index in [1.54, 1.807) is 24.3 Å². The molecule has 0 radical (unpaired) electrons. The number of carbonyl (C=O) groups is 2. The third-order valence-corrected chi connectivity index (χ3v) is 4.07. The number of hydrogen-bond donors (Lipinski definition) is 2. The van der Waals surface area contributed by atoms with Crippen molar-refractivity contribution in [1.29, 1.82) is 0 Å². The van der Waals surface area contributed by atoms with Gasteiger partial charge in [0.05, 0.1) is 11.3 Å². The number of para-hydroxylation sites is 1. The van der Waals surface area contributed by atoms with Crippen LogP contribution in [0.15, 0.2) is 36.4 Å². The minimum atomic E-state index is -0.524. The molecule has 0 saturated heterocycles. The van der Waals surface area contributed by atoms with Gasteiger partial charge in [-0.25, -0.2) is 0 Å². The average Bonchev–Trinajstić information content (AvgIpc) is 3.01. The van der Waals surface area contributed by atoms with Crippen molar-refractivity contribution in [2.75, 3.05) is 5.32 Å². The molecule has 98 valence electrons. The van der Waals surface area contributed by atoms with Crippen LogP contribution < -0.4 is 11.1 Å². The topological polar surface area (TPSA) is 72.2 Å². The standard InChI is InChI=1S/C15H16N2O2/c16-14(18)11-3-1-2-4-13(11)17-15(19)12-8-9-5-6-10(12)7-9/h1-6,9-10,12H,7-8H2,(H2,16,18)(H,17,19). The molecule has 0 heterocycles. The predicted octanol–water partition coefficient (Wildman–Crippen LogP) is 1.94. The quantitative estimate of drug-likeness (QED) is 0.811. The van der Waals surface area contributed by atoms with Crippen molar-refractivity contribution in [2.45, 2.75) is 12.8 Å². The fourth-order valence-corrected chi connectivity index (χ4v) is 3.11. The van der Waals surface area contributed by atoms with Crippen LogP contribution in [0.3, 0.4) is 0 Å². The number of fused-ring (bicyclic) bond motifs is 2. The van der Waals surface area contributed by atoms with Crippen molar-refractivity contribution in [2.24, 2.45) is 23.5 Å². The number of benzene rings is 1. The lowest BCUT2D eigenvalue weighted by molar-refractivity contribution is -0.120. The molecule has 2 bridgehead atoms. The van der Waals surface area contributed by atoms with Crippen LogP contribution in [-0.2, 0) is 4.79 Å². The third-order valence-electron chi connectivity index (χ3n) is 4.07. The van der Waals surface area contributed by atoms with Crippen LogP contribution in [0.25, 0.3) is 0 Å². The zero-order valence-electron chi connectivity index (χ0n) is 10.5. The highest BCUT2D eigenvalue weighted by Crippen LogP contribution is 2.43. The first-order valence-electron chi connectivity index (χ1n) is 6.53. The van der Waals surface area contributed by atoms with Gasteiger partial charge in [-0.05, 0) is 36.8 Å². The molecular weight excluding hydrogens is 240 g/mol. The summed E-state index contributed by atoms with van der Waals surface area (Å²) in [6.45, 7) is 0. The first-order chi connectivity index (χ1) is 9.15. The van der Waals surface area contributed by atoms with Crippen LogP contribution in [0.5, 0.6) is 0 Å². The van der Waals surface area contributed by atoms with Gasteiger partial charge in [0.2, 0.25) is 5.91 Å². The molecule has 4 heteroatoms. The molecule has 1 aromatic rings. The molecule has 19 heavy (non-hydrogen) atoms. The first kappa shape index (κ1) is 12.0. The van der Waals surface area contributed by atoms with E-state index in [-0.39, 0.29) is 11.8 Å². The molecule has 3 N–H and O–H groups in total. The van der Waals surface area contributed by atoms with Crippen molar-refractivity contribution in [1.82, 2.24) is 0 Å². The minimum Gasteiger partial charge on any atom is -0.366 e. The Labute approximate surface area is 111 Å². The van der Waals surface area contributed by atoms with E-state index in [4.69, 9.17) is 5.73 Å². The molecule has 3 unspecified atom stereocenters.